The summed E-state index contributed by atoms with van der Waals surface area (Å²) < 4.78 is 19.6. The van der Waals surface area contributed by atoms with Gasteiger partial charge in [0.2, 0.25) is 0 Å². The summed E-state index contributed by atoms with van der Waals surface area (Å²) >= 11 is 0. The molecular formula is C22H23FN4O3. The first-order valence-corrected chi connectivity index (χ1v) is 10.4. The minimum Gasteiger partial charge on any atom is -0.332 e. The number of benzene rings is 1. The van der Waals surface area contributed by atoms with Crippen LogP contribution in [0, 0.1) is 12.8 Å². The van der Waals surface area contributed by atoms with Crippen LogP contribution in [0.25, 0.3) is 11.6 Å². The van der Waals surface area contributed by atoms with Gasteiger partial charge in [0, 0.05) is 10.7 Å². The summed E-state index contributed by atoms with van der Waals surface area (Å²) in [4.78, 5) is 19.4. The van der Waals surface area contributed by atoms with Crippen molar-refractivity contribution >= 4 is 5.97 Å². The van der Waals surface area contributed by atoms with Crippen molar-refractivity contribution in [2.75, 3.05) is 0 Å². The van der Waals surface area contributed by atoms with Crippen LogP contribution in [0.2, 0.25) is 0 Å². The SMILES string of the molecule is Cc1ccccc1C1(c2noc(-c3ccn(C4CCC(C(=O)OF)CC4)n3)n2)CC1. The zero-order chi connectivity index (χ0) is 20.7. The first-order valence-electron chi connectivity index (χ1n) is 10.4. The molecule has 5 rings (SSSR count). The second kappa shape index (κ2) is 7.34. The monoisotopic (exact) mass is 410 g/mol. The summed E-state index contributed by atoms with van der Waals surface area (Å²) in [6.07, 6.45) is 6.58. The summed E-state index contributed by atoms with van der Waals surface area (Å²) in [6.45, 7) is 2.11. The quantitative estimate of drug-likeness (QED) is 0.617. The number of carbonyl (C=O) groups excluding carboxylic acids is 1. The minimum absolute atomic E-state index is 0.154. The van der Waals surface area contributed by atoms with Gasteiger partial charge in [0.1, 0.15) is 0 Å². The van der Waals surface area contributed by atoms with Crippen molar-refractivity contribution in [3.63, 3.8) is 0 Å². The summed E-state index contributed by atoms with van der Waals surface area (Å²) in [7, 11) is 0. The molecule has 7 nitrogen and oxygen atoms in total. The summed E-state index contributed by atoms with van der Waals surface area (Å²) in [5.74, 6) is -0.00324. The summed E-state index contributed by atoms with van der Waals surface area (Å²) in [5, 5.41) is 8.91. The fraction of sp³-hybridized carbons (Fsp3) is 0.455. The number of hydrogen-bond donors (Lipinski definition) is 0. The van der Waals surface area contributed by atoms with E-state index in [9.17, 15) is 9.32 Å². The Hall–Kier alpha value is -3.03. The van der Waals surface area contributed by atoms with Crippen molar-refractivity contribution in [3.8, 4) is 11.6 Å². The van der Waals surface area contributed by atoms with Crippen LogP contribution in [-0.4, -0.2) is 25.9 Å². The predicted octanol–water partition coefficient (Wildman–Crippen LogP) is 4.48. The molecule has 2 heterocycles. The molecular weight excluding hydrogens is 387 g/mol. The van der Waals surface area contributed by atoms with E-state index in [1.165, 1.54) is 11.1 Å². The molecule has 8 heteroatoms. The molecule has 0 saturated heterocycles. The highest BCUT2D eigenvalue weighted by molar-refractivity contribution is 5.71. The molecule has 2 aliphatic rings. The maximum atomic E-state index is 12.1. The lowest BCUT2D eigenvalue weighted by Crippen LogP contribution is -2.24. The zero-order valence-electron chi connectivity index (χ0n) is 16.8. The molecule has 2 fully saturated rings. The normalized spacial score (nSPS) is 22.6. The van der Waals surface area contributed by atoms with Crippen molar-refractivity contribution in [3.05, 3.63) is 53.5 Å². The average Bonchev–Trinajstić information content (AvgIpc) is 3.19. The number of aryl methyl sites for hydroxylation is 1. The lowest BCUT2D eigenvalue weighted by Gasteiger charge is -2.26. The fourth-order valence-corrected chi connectivity index (χ4v) is 4.66. The molecule has 0 radical (unpaired) electrons. The van der Waals surface area contributed by atoms with E-state index in [1.807, 2.05) is 29.1 Å². The Morgan fingerprint density at radius 1 is 1.20 bits per heavy atom. The molecule has 2 aromatic heterocycles. The number of halogens is 1. The highest BCUT2D eigenvalue weighted by Crippen LogP contribution is 2.53. The molecule has 0 N–H and O–H groups in total. The van der Waals surface area contributed by atoms with Crippen LogP contribution in [0.1, 0.15) is 61.5 Å². The van der Waals surface area contributed by atoms with Crippen LogP contribution >= 0.6 is 0 Å². The highest BCUT2D eigenvalue weighted by Gasteiger charge is 2.50. The topological polar surface area (TPSA) is 83.0 Å². The van der Waals surface area contributed by atoms with Gasteiger partial charge in [-0.15, -0.1) is 0 Å². The molecule has 156 valence electrons. The molecule has 0 bridgehead atoms. The largest absolute Gasteiger partial charge is 0.351 e. The first kappa shape index (κ1) is 19.0. The van der Waals surface area contributed by atoms with E-state index in [1.54, 1.807) is 0 Å². The smallest absolute Gasteiger partial charge is 0.332 e. The van der Waals surface area contributed by atoms with E-state index < -0.39 is 5.97 Å². The third-order valence-corrected chi connectivity index (χ3v) is 6.57. The van der Waals surface area contributed by atoms with E-state index >= 15 is 0 Å². The molecule has 0 amide bonds. The number of aromatic nitrogens is 4. The second-order valence-corrected chi connectivity index (χ2v) is 8.40. The highest BCUT2D eigenvalue weighted by atomic mass is 19.3. The number of hydrogen-bond acceptors (Lipinski definition) is 6. The Bertz CT molecular complexity index is 1060. The van der Waals surface area contributed by atoms with Gasteiger partial charge >= 0.3 is 5.97 Å². The standard InChI is InChI=1S/C22H23FN4O3/c1-14-4-2-3-5-17(14)22(11-12-22)21-24-19(30-26-21)18-10-13-27(25-18)16-8-6-15(7-9-16)20(28)29-23/h2-5,10,13,15-16H,6-9,11-12H2,1H3. The second-order valence-electron chi connectivity index (χ2n) is 8.40. The van der Waals surface area contributed by atoms with Gasteiger partial charge in [-0.05, 0) is 62.6 Å². The fourth-order valence-electron chi connectivity index (χ4n) is 4.66. The Morgan fingerprint density at radius 2 is 1.97 bits per heavy atom. The maximum absolute atomic E-state index is 12.1. The van der Waals surface area contributed by atoms with Crippen molar-refractivity contribution in [1.29, 1.82) is 0 Å². The Morgan fingerprint density at radius 3 is 2.67 bits per heavy atom. The molecule has 3 aromatic rings. The number of nitrogens with zero attached hydrogens (tertiary/aromatic N) is 4. The third-order valence-electron chi connectivity index (χ3n) is 6.57. The average molecular weight is 410 g/mol. The maximum Gasteiger partial charge on any atom is 0.351 e. The molecule has 0 atom stereocenters. The molecule has 0 spiro atoms. The Balaban J connectivity index is 1.32. The molecule has 0 aliphatic heterocycles. The van der Waals surface area contributed by atoms with Crippen molar-refractivity contribution in [2.24, 2.45) is 5.92 Å². The van der Waals surface area contributed by atoms with E-state index in [0.717, 1.165) is 25.7 Å². The lowest BCUT2D eigenvalue weighted by atomic mass is 9.86. The van der Waals surface area contributed by atoms with Crippen LogP contribution in [-0.2, 0) is 15.2 Å². The van der Waals surface area contributed by atoms with E-state index in [2.05, 4.69) is 39.2 Å². The van der Waals surface area contributed by atoms with Gasteiger partial charge < -0.3 is 4.52 Å². The van der Waals surface area contributed by atoms with Gasteiger partial charge in [0.15, 0.2) is 11.5 Å². The van der Waals surface area contributed by atoms with E-state index in [4.69, 9.17) is 4.52 Å². The Kier molecular flexibility index (Phi) is 4.64. The lowest BCUT2D eigenvalue weighted by molar-refractivity contribution is -0.190. The first-order chi connectivity index (χ1) is 14.6. The number of carbonyl (C=O) groups is 1. The summed E-state index contributed by atoms with van der Waals surface area (Å²) in [5.41, 5.74) is 2.97. The van der Waals surface area contributed by atoms with Gasteiger partial charge in [-0.25, -0.2) is 4.79 Å². The van der Waals surface area contributed by atoms with E-state index in [0.29, 0.717) is 30.3 Å². The summed E-state index contributed by atoms with van der Waals surface area (Å²) in [6, 6.07) is 10.4. The predicted molar refractivity (Wildman–Crippen MR) is 105 cm³/mol. The van der Waals surface area contributed by atoms with Gasteiger partial charge in [0.05, 0.1) is 17.4 Å². The van der Waals surface area contributed by atoms with Crippen LogP contribution in [0.15, 0.2) is 41.1 Å². The molecule has 30 heavy (non-hydrogen) atoms. The van der Waals surface area contributed by atoms with Crippen molar-refractivity contribution in [1.82, 2.24) is 19.9 Å². The van der Waals surface area contributed by atoms with Crippen LogP contribution in [0.3, 0.4) is 0 Å². The number of rotatable bonds is 5. The minimum atomic E-state index is -0.768. The van der Waals surface area contributed by atoms with Gasteiger partial charge in [-0.1, -0.05) is 29.4 Å². The van der Waals surface area contributed by atoms with Crippen LogP contribution in [0.4, 0.5) is 4.53 Å². The van der Waals surface area contributed by atoms with Crippen molar-refractivity contribution < 1.29 is 18.8 Å². The van der Waals surface area contributed by atoms with Gasteiger partial charge in [-0.2, -0.15) is 10.1 Å². The molecule has 2 saturated carbocycles. The third kappa shape index (κ3) is 3.20. The zero-order valence-corrected chi connectivity index (χ0v) is 16.8. The molecule has 2 aliphatic carbocycles. The van der Waals surface area contributed by atoms with E-state index in [-0.39, 0.29) is 17.4 Å². The van der Waals surface area contributed by atoms with Crippen LogP contribution in [0.5, 0.6) is 0 Å². The molecule has 1 aromatic carbocycles. The van der Waals surface area contributed by atoms with Gasteiger partial charge in [0.25, 0.3) is 5.89 Å². The van der Waals surface area contributed by atoms with Crippen molar-refractivity contribution in [2.45, 2.75) is 56.9 Å². The molecule has 0 unspecified atom stereocenters. The Labute approximate surface area is 173 Å². The van der Waals surface area contributed by atoms with Gasteiger partial charge in [-0.3, -0.25) is 9.62 Å². The van der Waals surface area contributed by atoms with Crippen LogP contribution < -0.4 is 0 Å².